The minimum atomic E-state index is -0.118. The van der Waals surface area contributed by atoms with Crippen LogP contribution in [0.1, 0.15) is 30.3 Å². The summed E-state index contributed by atoms with van der Waals surface area (Å²) < 4.78 is 5.30. The van der Waals surface area contributed by atoms with Crippen molar-refractivity contribution in [2.24, 2.45) is 0 Å². The van der Waals surface area contributed by atoms with E-state index in [0.717, 1.165) is 57.9 Å². The number of aromatic nitrogens is 1. The summed E-state index contributed by atoms with van der Waals surface area (Å²) in [7, 11) is 0. The molecule has 0 saturated carbocycles. The molecule has 0 aromatic carbocycles. The second kappa shape index (κ2) is 9.38. The van der Waals surface area contributed by atoms with Gasteiger partial charge in [0, 0.05) is 44.6 Å². The zero-order valence-corrected chi connectivity index (χ0v) is 13.3. The van der Waals surface area contributed by atoms with Crippen LogP contribution in [0.15, 0.2) is 18.3 Å². The molecule has 0 spiro atoms. The lowest BCUT2D eigenvalue weighted by Gasteiger charge is -2.26. The zero-order valence-electron chi connectivity index (χ0n) is 13.3. The van der Waals surface area contributed by atoms with Gasteiger partial charge in [-0.25, -0.2) is 0 Å². The second-order valence-corrected chi connectivity index (χ2v) is 5.42. The second-order valence-electron chi connectivity index (χ2n) is 5.42. The van der Waals surface area contributed by atoms with E-state index in [1.54, 1.807) is 12.3 Å². The van der Waals surface area contributed by atoms with Gasteiger partial charge in [-0.2, -0.15) is 0 Å². The number of carbonyl (C=O) groups excluding carboxylic acids is 1. The molecule has 0 atom stereocenters. The number of rotatable bonds is 8. The van der Waals surface area contributed by atoms with E-state index in [1.165, 1.54) is 0 Å². The molecule has 1 saturated heterocycles. The molecular weight excluding hydrogens is 280 g/mol. The first-order valence-electron chi connectivity index (χ1n) is 8.08. The van der Waals surface area contributed by atoms with Crippen molar-refractivity contribution >= 4 is 11.6 Å². The number of anilines is 1. The Labute approximate surface area is 132 Å². The van der Waals surface area contributed by atoms with Crippen molar-refractivity contribution in [2.45, 2.75) is 19.8 Å². The number of hydrogen-bond acceptors (Lipinski definition) is 5. The van der Waals surface area contributed by atoms with E-state index in [1.807, 2.05) is 6.07 Å². The number of amides is 1. The highest BCUT2D eigenvalue weighted by molar-refractivity contribution is 5.93. The van der Waals surface area contributed by atoms with Crippen molar-refractivity contribution < 1.29 is 9.53 Å². The van der Waals surface area contributed by atoms with Crippen LogP contribution >= 0.6 is 0 Å². The average molecular weight is 306 g/mol. The van der Waals surface area contributed by atoms with Gasteiger partial charge in [-0.15, -0.1) is 0 Å². The number of carbonyl (C=O) groups is 1. The number of hydrogen-bond donors (Lipinski definition) is 2. The number of nitrogens with zero attached hydrogens (tertiary/aromatic N) is 2. The van der Waals surface area contributed by atoms with Crippen molar-refractivity contribution in [1.82, 2.24) is 15.2 Å². The summed E-state index contributed by atoms with van der Waals surface area (Å²) in [5.74, 6) is -0.118. The van der Waals surface area contributed by atoms with Crippen molar-refractivity contribution in [3.8, 4) is 0 Å². The minimum Gasteiger partial charge on any atom is -0.385 e. The third kappa shape index (κ3) is 5.61. The van der Waals surface area contributed by atoms with Crippen LogP contribution in [-0.4, -0.2) is 61.7 Å². The molecule has 2 heterocycles. The fourth-order valence-electron chi connectivity index (χ4n) is 2.32. The van der Waals surface area contributed by atoms with E-state index in [9.17, 15) is 4.79 Å². The molecule has 0 aliphatic carbocycles. The van der Waals surface area contributed by atoms with Crippen LogP contribution in [-0.2, 0) is 4.74 Å². The summed E-state index contributed by atoms with van der Waals surface area (Å²) in [6.07, 6.45) is 3.93. The topological polar surface area (TPSA) is 66.5 Å². The van der Waals surface area contributed by atoms with Crippen LogP contribution < -0.4 is 10.6 Å². The van der Waals surface area contributed by atoms with E-state index >= 15 is 0 Å². The minimum absolute atomic E-state index is 0.118. The Morgan fingerprint density at radius 1 is 1.36 bits per heavy atom. The number of ether oxygens (including phenoxy) is 1. The smallest absolute Gasteiger partial charge is 0.269 e. The van der Waals surface area contributed by atoms with Gasteiger partial charge in [-0.3, -0.25) is 14.7 Å². The van der Waals surface area contributed by atoms with Crippen LogP contribution in [0.25, 0.3) is 0 Å². The first-order chi connectivity index (χ1) is 10.8. The first kappa shape index (κ1) is 16.7. The van der Waals surface area contributed by atoms with E-state index in [2.05, 4.69) is 27.4 Å². The van der Waals surface area contributed by atoms with E-state index in [0.29, 0.717) is 12.2 Å². The third-order valence-corrected chi connectivity index (χ3v) is 3.67. The molecule has 1 fully saturated rings. The summed E-state index contributed by atoms with van der Waals surface area (Å²) >= 11 is 0. The Kier molecular flexibility index (Phi) is 7.12. The predicted octanol–water partition coefficient (Wildman–Crippen LogP) is 1.36. The molecule has 2 N–H and O–H groups in total. The maximum atomic E-state index is 12.1. The van der Waals surface area contributed by atoms with Crippen LogP contribution in [0.4, 0.5) is 5.69 Å². The van der Waals surface area contributed by atoms with Gasteiger partial charge in [0.1, 0.15) is 5.69 Å². The average Bonchev–Trinajstić information content (AvgIpc) is 2.56. The third-order valence-electron chi connectivity index (χ3n) is 3.67. The van der Waals surface area contributed by atoms with E-state index in [4.69, 9.17) is 4.74 Å². The summed E-state index contributed by atoms with van der Waals surface area (Å²) in [6.45, 7) is 7.98. The van der Waals surface area contributed by atoms with Gasteiger partial charge in [0.15, 0.2) is 0 Å². The molecule has 0 radical (unpaired) electrons. The summed E-state index contributed by atoms with van der Waals surface area (Å²) in [6, 6.07) is 3.69. The van der Waals surface area contributed by atoms with Crippen LogP contribution in [0.5, 0.6) is 0 Å². The predicted molar refractivity (Wildman–Crippen MR) is 87.2 cm³/mol. The Bertz CT molecular complexity index is 461. The fraction of sp³-hybridized carbons (Fsp3) is 0.625. The highest BCUT2D eigenvalue weighted by atomic mass is 16.5. The van der Waals surface area contributed by atoms with Crippen molar-refractivity contribution in [2.75, 3.05) is 51.3 Å². The van der Waals surface area contributed by atoms with E-state index in [-0.39, 0.29) is 5.91 Å². The number of pyridine rings is 1. The SMILES string of the molecule is CCCCNc1ccnc(C(=O)NCCN2CCOCC2)c1. The van der Waals surface area contributed by atoms with Gasteiger partial charge < -0.3 is 15.4 Å². The molecule has 122 valence electrons. The molecular formula is C16H26N4O2. The van der Waals surface area contributed by atoms with Crippen LogP contribution in [0, 0.1) is 0 Å². The molecule has 6 heteroatoms. The fourth-order valence-corrected chi connectivity index (χ4v) is 2.32. The Morgan fingerprint density at radius 2 is 2.18 bits per heavy atom. The lowest BCUT2D eigenvalue weighted by atomic mass is 10.2. The lowest BCUT2D eigenvalue weighted by molar-refractivity contribution is 0.0383. The maximum Gasteiger partial charge on any atom is 0.269 e. The van der Waals surface area contributed by atoms with Gasteiger partial charge in [0.05, 0.1) is 13.2 Å². The zero-order chi connectivity index (χ0) is 15.6. The molecule has 22 heavy (non-hydrogen) atoms. The molecule has 2 rings (SSSR count). The van der Waals surface area contributed by atoms with Gasteiger partial charge in [-0.05, 0) is 18.6 Å². The van der Waals surface area contributed by atoms with Gasteiger partial charge in [-0.1, -0.05) is 13.3 Å². The molecule has 1 amide bonds. The highest BCUT2D eigenvalue weighted by Crippen LogP contribution is 2.08. The Morgan fingerprint density at radius 3 is 2.95 bits per heavy atom. The van der Waals surface area contributed by atoms with Crippen molar-refractivity contribution in [1.29, 1.82) is 0 Å². The number of morpholine rings is 1. The Hall–Kier alpha value is -1.66. The summed E-state index contributed by atoms with van der Waals surface area (Å²) in [5, 5.41) is 6.24. The number of unbranched alkanes of at least 4 members (excludes halogenated alkanes) is 1. The molecule has 1 aromatic heterocycles. The molecule has 0 bridgehead atoms. The molecule has 1 aliphatic heterocycles. The van der Waals surface area contributed by atoms with Crippen molar-refractivity contribution in [3.05, 3.63) is 24.0 Å². The molecule has 6 nitrogen and oxygen atoms in total. The van der Waals surface area contributed by atoms with Gasteiger partial charge in [0.25, 0.3) is 5.91 Å². The highest BCUT2D eigenvalue weighted by Gasteiger charge is 2.11. The van der Waals surface area contributed by atoms with E-state index < -0.39 is 0 Å². The summed E-state index contributed by atoms with van der Waals surface area (Å²) in [4.78, 5) is 18.6. The molecule has 1 aromatic rings. The summed E-state index contributed by atoms with van der Waals surface area (Å²) in [5.41, 5.74) is 1.41. The van der Waals surface area contributed by atoms with Crippen LogP contribution in [0.2, 0.25) is 0 Å². The first-order valence-corrected chi connectivity index (χ1v) is 8.08. The van der Waals surface area contributed by atoms with Crippen molar-refractivity contribution in [3.63, 3.8) is 0 Å². The normalized spacial score (nSPS) is 15.5. The lowest BCUT2D eigenvalue weighted by Crippen LogP contribution is -2.41. The van der Waals surface area contributed by atoms with Crippen LogP contribution in [0.3, 0.4) is 0 Å². The quantitative estimate of drug-likeness (QED) is 0.710. The molecule has 0 unspecified atom stereocenters. The standard InChI is InChI=1S/C16H26N4O2/c1-2-3-5-17-14-4-6-18-15(13-14)16(21)19-7-8-20-9-11-22-12-10-20/h4,6,13H,2-3,5,7-12H2,1H3,(H,17,18)(H,19,21). The largest absolute Gasteiger partial charge is 0.385 e. The number of nitrogens with one attached hydrogen (secondary N) is 2. The maximum absolute atomic E-state index is 12.1. The Balaban J connectivity index is 1.75. The van der Waals surface area contributed by atoms with Gasteiger partial charge in [0.2, 0.25) is 0 Å². The monoisotopic (exact) mass is 306 g/mol. The van der Waals surface area contributed by atoms with Gasteiger partial charge >= 0.3 is 0 Å². The molecule has 1 aliphatic rings.